The topological polar surface area (TPSA) is 61.4 Å². The number of nitrogens with zero attached hydrogens (tertiary/aromatic N) is 1. The second-order valence-corrected chi connectivity index (χ2v) is 4.94. The van der Waals surface area contributed by atoms with Crippen LogP contribution in [0.3, 0.4) is 0 Å². The number of likely N-dealkylation sites (N-methyl/N-ethyl adjacent to an activating group) is 1. The van der Waals surface area contributed by atoms with Crippen LogP contribution in [0, 0.1) is 11.8 Å². The molecule has 1 saturated heterocycles. The van der Waals surface area contributed by atoms with E-state index < -0.39 is 5.54 Å². The van der Waals surface area contributed by atoms with Gasteiger partial charge in [0.15, 0.2) is 0 Å². The molecular weight excluding hydrogens is 218 g/mol. The van der Waals surface area contributed by atoms with Crippen molar-refractivity contribution in [3.8, 4) is 0 Å². The number of hydrogen-bond donors (Lipinski definition) is 2. The van der Waals surface area contributed by atoms with Crippen LogP contribution in [0.1, 0.15) is 20.3 Å². The minimum absolute atomic E-state index is 0.0861. The zero-order chi connectivity index (χ0) is 13.1. The van der Waals surface area contributed by atoms with E-state index in [0.717, 1.165) is 19.5 Å². The molecule has 3 atom stereocenters. The second-order valence-electron chi connectivity index (χ2n) is 4.94. The largest absolute Gasteiger partial charge is 0.357 e. The van der Waals surface area contributed by atoms with Crippen LogP contribution in [-0.2, 0) is 9.59 Å². The number of likely N-dealkylation sites (tertiary alicyclic amines) is 1. The number of piperidine rings is 1. The van der Waals surface area contributed by atoms with Gasteiger partial charge in [-0.1, -0.05) is 13.8 Å². The molecule has 0 aromatic heterocycles. The van der Waals surface area contributed by atoms with Gasteiger partial charge in [0.2, 0.25) is 12.3 Å². The Kier molecular flexibility index (Phi) is 4.51. The van der Waals surface area contributed by atoms with E-state index in [-0.39, 0.29) is 17.7 Å². The molecule has 0 saturated carbocycles. The first kappa shape index (κ1) is 14.0. The maximum atomic E-state index is 12.2. The summed E-state index contributed by atoms with van der Waals surface area (Å²) < 4.78 is 0. The molecule has 0 spiro atoms. The van der Waals surface area contributed by atoms with Crippen LogP contribution in [0.15, 0.2) is 0 Å². The molecule has 1 fully saturated rings. The molecule has 5 heteroatoms. The van der Waals surface area contributed by atoms with Gasteiger partial charge in [-0.3, -0.25) is 9.59 Å². The Morgan fingerprint density at radius 1 is 1.53 bits per heavy atom. The van der Waals surface area contributed by atoms with E-state index >= 15 is 0 Å². The van der Waals surface area contributed by atoms with Crippen molar-refractivity contribution >= 4 is 12.3 Å². The van der Waals surface area contributed by atoms with Crippen molar-refractivity contribution in [3.05, 3.63) is 0 Å². The molecule has 1 aliphatic heterocycles. The smallest absolute Gasteiger partial charge is 0.246 e. The number of rotatable bonds is 4. The lowest BCUT2D eigenvalue weighted by atomic mass is 9.69. The molecule has 0 radical (unpaired) electrons. The molecule has 0 aliphatic carbocycles. The molecule has 17 heavy (non-hydrogen) atoms. The molecule has 1 heterocycles. The average Bonchev–Trinajstić information content (AvgIpc) is 2.31. The molecular formula is C12H23N3O2. The van der Waals surface area contributed by atoms with Gasteiger partial charge in [-0.15, -0.1) is 0 Å². The molecule has 2 N–H and O–H groups in total. The van der Waals surface area contributed by atoms with E-state index in [2.05, 4.69) is 22.5 Å². The van der Waals surface area contributed by atoms with Crippen molar-refractivity contribution in [3.63, 3.8) is 0 Å². The van der Waals surface area contributed by atoms with E-state index in [9.17, 15) is 9.59 Å². The average molecular weight is 241 g/mol. The van der Waals surface area contributed by atoms with Gasteiger partial charge >= 0.3 is 0 Å². The van der Waals surface area contributed by atoms with E-state index in [0.29, 0.717) is 6.41 Å². The van der Waals surface area contributed by atoms with E-state index in [1.165, 1.54) is 0 Å². The van der Waals surface area contributed by atoms with E-state index in [4.69, 9.17) is 0 Å². The number of nitrogens with one attached hydrogen (secondary N) is 2. The highest BCUT2D eigenvalue weighted by atomic mass is 16.2. The third-order valence-corrected chi connectivity index (χ3v) is 3.93. The number of hydrogen-bond acceptors (Lipinski definition) is 3. The van der Waals surface area contributed by atoms with Gasteiger partial charge in [0.05, 0.1) is 0 Å². The van der Waals surface area contributed by atoms with Crippen LogP contribution >= 0.6 is 0 Å². The van der Waals surface area contributed by atoms with Gasteiger partial charge in [0.25, 0.3) is 0 Å². The van der Waals surface area contributed by atoms with Gasteiger partial charge in [-0.25, -0.2) is 0 Å². The minimum atomic E-state index is -0.766. The lowest BCUT2D eigenvalue weighted by Gasteiger charge is -2.49. The summed E-state index contributed by atoms with van der Waals surface area (Å²) in [4.78, 5) is 25.3. The predicted octanol–water partition coefficient (Wildman–Crippen LogP) is -0.175. The normalized spacial score (nSPS) is 34.1. The fourth-order valence-corrected chi connectivity index (χ4v) is 3.10. The fourth-order valence-electron chi connectivity index (χ4n) is 3.10. The Morgan fingerprint density at radius 2 is 2.18 bits per heavy atom. The molecule has 1 aliphatic rings. The first-order valence-corrected chi connectivity index (χ1v) is 6.14. The summed E-state index contributed by atoms with van der Waals surface area (Å²) in [7, 11) is 3.67. The van der Waals surface area contributed by atoms with Crippen LogP contribution in [-0.4, -0.2) is 49.9 Å². The minimum Gasteiger partial charge on any atom is -0.357 e. The van der Waals surface area contributed by atoms with Crippen LogP contribution in [0.25, 0.3) is 0 Å². The van der Waals surface area contributed by atoms with Crippen molar-refractivity contribution in [2.45, 2.75) is 25.8 Å². The van der Waals surface area contributed by atoms with Gasteiger partial charge in [-0.05, 0) is 13.5 Å². The summed E-state index contributed by atoms with van der Waals surface area (Å²) in [6, 6.07) is 0. The lowest BCUT2D eigenvalue weighted by molar-refractivity contribution is -0.138. The first-order valence-electron chi connectivity index (χ1n) is 6.14. The third-order valence-electron chi connectivity index (χ3n) is 3.93. The standard InChI is InChI=1S/C12H23N3O2/c1-5-10-7-15(4)6-9(2)12(10,14-8-16)11(17)13-3/h8-10H,5-7H2,1-4H3,(H,13,17)(H,14,16). The van der Waals surface area contributed by atoms with Crippen molar-refractivity contribution in [1.29, 1.82) is 0 Å². The quantitative estimate of drug-likeness (QED) is 0.672. The highest BCUT2D eigenvalue weighted by Crippen LogP contribution is 2.34. The highest BCUT2D eigenvalue weighted by Gasteiger charge is 2.51. The maximum absolute atomic E-state index is 12.2. The van der Waals surface area contributed by atoms with Crippen molar-refractivity contribution in [2.24, 2.45) is 11.8 Å². The summed E-state index contributed by atoms with van der Waals surface area (Å²) in [6.07, 6.45) is 1.52. The monoisotopic (exact) mass is 241 g/mol. The third kappa shape index (κ3) is 2.29. The number of amides is 2. The Bertz CT molecular complexity index is 295. The first-order chi connectivity index (χ1) is 8.02. The Balaban J connectivity index is 3.12. The molecule has 0 aromatic rings. The Hall–Kier alpha value is -1.10. The second kappa shape index (κ2) is 5.49. The van der Waals surface area contributed by atoms with Crippen LogP contribution in [0.2, 0.25) is 0 Å². The predicted molar refractivity (Wildman–Crippen MR) is 66.4 cm³/mol. The Morgan fingerprint density at radius 3 is 2.65 bits per heavy atom. The number of carbonyl (C=O) groups is 2. The molecule has 2 amide bonds. The molecule has 98 valence electrons. The van der Waals surface area contributed by atoms with E-state index in [1.54, 1.807) is 7.05 Å². The summed E-state index contributed by atoms with van der Waals surface area (Å²) in [6.45, 7) is 5.71. The SMILES string of the molecule is CCC1CN(C)CC(C)C1(NC=O)C(=O)NC. The van der Waals surface area contributed by atoms with Crippen LogP contribution in [0.4, 0.5) is 0 Å². The van der Waals surface area contributed by atoms with Crippen LogP contribution in [0.5, 0.6) is 0 Å². The zero-order valence-electron chi connectivity index (χ0n) is 11.1. The van der Waals surface area contributed by atoms with Gasteiger partial charge in [-0.2, -0.15) is 0 Å². The fraction of sp³-hybridized carbons (Fsp3) is 0.833. The van der Waals surface area contributed by atoms with Gasteiger partial charge < -0.3 is 15.5 Å². The van der Waals surface area contributed by atoms with Crippen LogP contribution < -0.4 is 10.6 Å². The maximum Gasteiger partial charge on any atom is 0.246 e. The van der Waals surface area contributed by atoms with Crippen molar-refractivity contribution < 1.29 is 9.59 Å². The highest BCUT2D eigenvalue weighted by molar-refractivity contribution is 5.89. The van der Waals surface area contributed by atoms with Crippen molar-refractivity contribution in [2.75, 3.05) is 27.2 Å². The molecule has 5 nitrogen and oxygen atoms in total. The van der Waals surface area contributed by atoms with Gasteiger partial charge in [0.1, 0.15) is 5.54 Å². The summed E-state index contributed by atoms with van der Waals surface area (Å²) in [5.74, 6) is 0.148. The summed E-state index contributed by atoms with van der Waals surface area (Å²) >= 11 is 0. The van der Waals surface area contributed by atoms with Gasteiger partial charge in [0, 0.05) is 32.0 Å². The number of carbonyl (C=O) groups excluding carboxylic acids is 2. The molecule has 1 rings (SSSR count). The Labute approximate surface area is 103 Å². The summed E-state index contributed by atoms with van der Waals surface area (Å²) in [5, 5.41) is 5.49. The lowest BCUT2D eigenvalue weighted by Crippen LogP contribution is -2.70. The molecule has 0 aromatic carbocycles. The zero-order valence-corrected chi connectivity index (χ0v) is 11.1. The van der Waals surface area contributed by atoms with Crippen molar-refractivity contribution in [1.82, 2.24) is 15.5 Å². The van der Waals surface area contributed by atoms with E-state index in [1.807, 2.05) is 14.0 Å². The molecule has 3 unspecified atom stereocenters. The summed E-state index contributed by atoms with van der Waals surface area (Å²) in [5.41, 5.74) is -0.766. The molecule has 0 bridgehead atoms.